The Morgan fingerprint density at radius 3 is 2.11 bits per heavy atom. The molecular formula is C24H21NO2S. The third-order valence-electron chi connectivity index (χ3n) is 5.02. The maximum Gasteiger partial charge on any atom is 0.290 e. The van der Waals surface area contributed by atoms with Gasteiger partial charge in [0.15, 0.2) is 5.76 Å². The van der Waals surface area contributed by atoms with Gasteiger partial charge in [0.25, 0.3) is 5.91 Å². The fourth-order valence-electron chi connectivity index (χ4n) is 3.64. The van der Waals surface area contributed by atoms with Crippen LogP contribution >= 0.6 is 11.8 Å². The van der Waals surface area contributed by atoms with E-state index in [1.807, 2.05) is 79.1 Å². The zero-order valence-corrected chi connectivity index (χ0v) is 16.4. The van der Waals surface area contributed by atoms with Gasteiger partial charge in [0.05, 0.1) is 6.04 Å². The molecular weight excluding hydrogens is 366 g/mol. The topological polar surface area (TPSA) is 40.5 Å². The van der Waals surface area contributed by atoms with Crippen molar-refractivity contribution in [1.82, 2.24) is 4.90 Å². The second-order valence-corrected chi connectivity index (χ2v) is 7.60. The van der Waals surface area contributed by atoms with Crippen molar-refractivity contribution in [3.05, 3.63) is 107 Å². The van der Waals surface area contributed by atoms with Gasteiger partial charge in [-0.25, -0.2) is 0 Å². The van der Waals surface area contributed by atoms with Crippen LogP contribution in [0.15, 0.2) is 95.6 Å². The summed E-state index contributed by atoms with van der Waals surface area (Å²) >= 11 is 1.69. The molecule has 3 nitrogen and oxygen atoms in total. The Balaban J connectivity index is 1.76. The summed E-state index contributed by atoms with van der Waals surface area (Å²) < 4.78 is 0. The Bertz CT molecular complexity index is 998. The van der Waals surface area contributed by atoms with Gasteiger partial charge in [-0.1, -0.05) is 72.8 Å². The van der Waals surface area contributed by atoms with Crippen molar-refractivity contribution in [3.8, 4) is 0 Å². The summed E-state index contributed by atoms with van der Waals surface area (Å²) in [5, 5.41) is 10.8. The summed E-state index contributed by atoms with van der Waals surface area (Å²) in [6, 6.07) is 27.4. The van der Waals surface area contributed by atoms with E-state index in [4.69, 9.17) is 0 Å². The smallest absolute Gasteiger partial charge is 0.290 e. The zero-order chi connectivity index (χ0) is 19.5. The van der Waals surface area contributed by atoms with Gasteiger partial charge in [-0.15, -0.1) is 11.8 Å². The van der Waals surface area contributed by atoms with E-state index in [1.165, 1.54) is 4.90 Å². The molecule has 0 aromatic heterocycles. The van der Waals surface area contributed by atoms with Crippen LogP contribution in [-0.4, -0.2) is 22.2 Å². The third kappa shape index (κ3) is 3.43. The summed E-state index contributed by atoms with van der Waals surface area (Å²) in [7, 11) is 0. The van der Waals surface area contributed by atoms with E-state index in [0.29, 0.717) is 12.1 Å². The van der Waals surface area contributed by atoms with E-state index in [0.717, 1.165) is 16.7 Å². The molecule has 140 valence electrons. The lowest BCUT2D eigenvalue weighted by molar-refractivity contribution is -0.130. The van der Waals surface area contributed by atoms with Gasteiger partial charge in [0, 0.05) is 17.0 Å². The van der Waals surface area contributed by atoms with Gasteiger partial charge >= 0.3 is 0 Å². The number of carbonyl (C=O) groups excluding carboxylic acids is 1. The standard InChI is InChI=1S/C24H21NO2S/c1-28-20-14-12-17(13-15-20)16-25-22(19-10-6-3-7-11-19)21(23(26)24(25)27)18-8-4-2-5-9-18/h2-15,22,26H,16H2,1H3. The van der Waals surface area contributed by atoms with Crippen LogP contribution in [0.25, 0.3) is 5.57 Å². The van der Waals surface area contributed by atoms with Crippen molar-refractivity contribution < 1.29 is 9.90 Å². The average Bonchev–Trinajstić information content (AvgIpc) is 3.00. The van der Waals surface area contributed by atoms with Gasteiger partial charge in [0.1, 0.15) is 0 Å². The third-order valence-corrected chi connectivity index (χ3v) is 5.76. The lowest BCUT2D eigenvalue weighted by Crippen LogP contribution is -2.29. The Kier molecular flexibility index (Phi) is 5.22. The first-order valence-corrected chi connectivity index (χ1v) is 10.4. The number of thioether (sulfide) groups is 1. The molecule has 1 amide bonds. The van der Waals surface area contributed by atoms with Crippen LogP contribution in [0.5, 0.6) is 0 Å². The highest BCUT2D eigenvalue weighted by Gasteiger charge is 2.40. The minimum Gasteiger partial charge on any atom is -0.503 e. The van der Waals surface area contributed by atoms with Crippen molar-refractivity contribution in [2.75, 3.05) is 6.26 Å². The quantitative estimate of drug-likeness (QED) is 0.591. The molecule has 3 aromatic carbocycles. The first-order valence-electron chi connectivity index (χ1n) is 9.16. The summed E-state index contributed by atoms with van der Waals surface area (Å²) in [6.45, 7) is 0.438. The van der Waals surface area contributed by atoms with E-state index in [1.54, 1.807) is 16.7 Å². The van der Waals surface area contributed by atoms with Crippen molar-refractivity contribution in [2.45, 2.75) is 17.5 Å². The molecule has 0 fully saturated rings. The molecule has 1 N–H and O–H groups in total. The molecule has 1 heterocycles. The molecule has 0 saturated heterocycles. The molecule has 0 spiro atoms. The molecule has 0 saturated carbocycles. The van der Waals surface area contributed by atoms with Crippen LogP contribution < -0.4 is 0 Å². The Hall–Kier alpha value is -2.98. The number of benzene rings is 3. The molecule has 28 heavy (non-hydrogen) atoms. The van der Waals surface area contributed by atoms with E-state index in [2.05, 4.69) is 12.1 Å². The number of hydrogen-bond acceptors (Lipinski definition) is 3. The van der Waals surface area contributed by atoms with Gasteiger partial charge in [0.2, 0.25) is 0 Å². The van der Waals surface area contributed by atoms with Crippen LogP contribution in [0.2, 0.25) is 0 Å². The lowest BCUT2D eigenvalue weighted by Gasteiger charge is -2.27. The monoisotopic (exact) mass is 387 g/mol. The molecule has 0 bridgehead atoms. The first kappa shape index (κ1) is 18.4. The molecule has 3 aromatic rings. The molecule has 4 rings (SSSR count). The summed E-state index contributed by atoms with van der Waals surface area (Å²) in [5.74, 6) is -0.498. The Morgan fingerprint density at radius 2 is 1.50 bits per heavy atom. The highest BCUT2D eigenvalue weighted by molar-refractivity contribution is 7.98. The minimum absolute atomic E-state index is 0.166. The summed E-state index contributed by atoms with van der Waals surface area (Å²) in [4.78, 5) is 15.9. The number of aliphatic hydroxyl groups is 1. The van der Waals surface area contributed by atoms with Gasteiger partial charge in [-0.2, -0.15) is 0 Å². The van der Waals surface area contributed by atoms with Crippen molar-refractivity contribution in [3.63, 3.8) is 0 Å². The second-order valence-electron chi connectivity index (χ2n) is 6.72. The predicted molar refractivity (Wildman–Crippen MR) is 114 cm³/mol. The number of aliphatic hydroxyl groups excluding tert-OH is 1. The van der Waals surface area contributed by atoms with Crippen LogP contribution in [0.1, 0.15) is 22.7 Å². The maximum absolute atomic E-state index is 13.0. The molecule has 1 aliphatic rings. The fraction of sp³-hybridized carbons (Fsp3) is 0.125. The van der Waals surface area contributed by atoms with E-state index >= 15 is 0 Å². The molecule has 0 radical (unpaired) electrons. The SMILES string of the molecule is CSc1ccc(CN2C(=O)C(O)=C(c3ccccc3)C2c2ccccc2)cc1. The van der Waals surface area contributed by atoms with Gasteiger partial charge in [-0.3, -0.25) is 4.79 Å². The number of nitrogens with zero attached hydrogens (tertiary/aromatic N) is 1. The largest absolute Gasteiger partial charge is 0.503 e. The normalized spacial score (nSPS) is 16.7. The number of hydrogen-bond donors (Lipinski definition) is 1. The van der Waals surface area contributed by atoms with E-state index < -0.39 is 0 Å². The minimum atomic E-state index is -0.332. The highest BCUT2D eigenvalue weighted by Crippen LogP contribution is 2.43. The number of amides is 1. The second kappa shape index (κ2) is 7.95. The van der Waals surface area contributed by atoms with E-state index in [-0.39, 0.29) is 17.7 Å². The summed E-state index contributed by atoms with van der Waals surface area (Å²) in [5.41, 5.74) is 3.55. The Morgan fingerprint density at radius 1 is 0.893 bits per heavy atom. The predicted octanol–water partition coefficient (Wildman–Crippen LogP) is 5.46. The van der Waals surface area contributed by atoms with Crippen molar-refractivity contribution >= 4 is 23.2 Å². The van der Waals surface area contributed by atoms with Gasteiger partial charge in [-0.05, 0) is 35.1 Å². The molecule has 1 atom stereocenters. The Labute approximate surface area is 169 Å². The van der Waals surface area contributed by atoms with Crippen LogP contribution in [0, 0.1) is 0 Å². The maximum atomic E-state index is 13.0. The van der Waals surface area contributed by atoms with E-state index in [9.17, 15) is 9.90 Å². The highest BCUT2D eigenvalue weighted by atomic mass is 32.2. The van der Waals surface area contributed by atoms with Crippen LogP contribution in [0.3, 0.4) is 0 Å². The first-order chi connectivity index (χ1) is 13.7. The molecule has 1 unspecified atom stereocenters. The number of carbonyl (C=O) groups is 1. The molecule has 4 heteroatoms. The van der Waals surface area contributed by atoms with Crippen LogP contribution in [0.4, 0.5) is 0 Å². The number of rotatable bonds is 5. The molecule has 1 aliphatic heterocycles. The van der Waals surface area contributed by atoms with Crippen molar-refractivity contribution in [1.29, 1.82) is 0 Å². The summed E-state index contributed by atoms with van der Waals surface area (Å²) in [6.07, 6.45) is 2.04. The zero-order valence-electron chi connectivity index (χ0n) is 15.6. The average molecular weight is 388 g/mol. The molecule has 0 aliphatic carbocycles. The lowest BCUT2D eigenvalue weighted by atomic mass is 9.93. The van der Waals surface area contributed by atoms with Gasteiger partial charge < -0.3 is 10.0 Å². The fourth-order valence-corrected chi connectivity index (χ4v) is 4.05. The van der Waals surface area contributed by atoms with Crippen molar-refractivity contribution in [2.24, 2.45) is 0 Å². The van der Waals surface area contributed by atoms with Crippen LogP contribution in [-0.2, 0) is 11.3 Å².